The molecule has 0 aromatic heterocycles. The Labute approximate surface area is 129 Å². The predicted molar refractivity (Wildman–Crippen MR) is 81.4 cm³/mol. The lowest BCUT2D eigenvalue weighted by Gasteiger charge is -2.34. The standard InChI is InChI=1S/C17H21NO4/c1-2-7-14(19)15(20)18-11-6-10-17(18,16(21)22)12-13-8-4-3-5-9-13/h3-5,8-9H,2,6-7,10-12H2,1H3,(H,21,22)/t17-/m1/s1. The molecular weight excluding hydrogens is 282 g/mol. The van der Waals surface area contributed by atoms with E-state index in [1.807, 2.05) is 37.3 Å². The Kier molecular flexibility index (Phi) is 4.96. The minimum atomic E-state index is -1.30. The summed E-state index contributed by atoms with van der Waals surface area (Å²) in [5.41, 5.74) is -0.450. The van der Waals surface area contributed by atoms with Gasteiger partial charge in [0.1, 0.15) is 5.54 Å². The number of Topliss-reactive ketones (excluding diaryl/α,β-unsaturated/α-hetero) is 1. The number of carboxylic acid groups (broad SMARTS) is 1. The van der Waals surface area contributed by atoms with Gasteiger partial charge in [-0.05, 0) is 24.8 Å². The van der Waals surface area contributed by atoms with Crippen LogP contribution in [-0.4, -0.2) is 39.7 Å². The first-order valence-electron chi connectivity index (χ1n) is 7.63. The Morgan fingerprint density at radius 3 is 2.50 bits per heavy atom. The van der Waals surface area contributed by atoms with Crippen molar-refractivity contribution in [1.82, 2.24) is 4.90 Å². The Hall–Kier alpha value is -2.17. The molecule has 0 saturated carbocycles. The summed E-state index contributed by atoms with van der Waals surface area (Å²) >= 11 is 0. The van der Waals surface area contributed by atoms with Gasteiger partial charge in [0.2, 0.25) is 5.78 Å². The summed E-state index contributed by atoms with van der Waals surface area (Å²) in [5, 5.41) is 9.75. The highest BCUT2D eigenvalue weighted by molar-refractivity contribution is 6.36. The van der Waals surface area contributed by atoms with Crippen molar-refractivity contribution < 1.29 is 19.5 Å². The fraction of sp³-hybridized carbons (Fsp3) is 0.471. The Morgan fingerprint density at radius 2 is 1.91 bits per heavy atom. The average molecular weight is 303 g/mol. The molecule has 5 heteroatoms. The maximum Gasteiger partial charge on any atom is 0.329 e. The molecule has 1 aliphatic heterocycles. The fourth-order valence-corrected chi connectivity index (χ4v) is 3.07. The molecule has 1 aliphatic rings. The quantitative estimate of drug-likeness (QED) is 0.816. The molecule has 1 heterocycles. The van der Waals surface area contributed by atoms with Crippen molar-refractivity contribution in [3.8, 4) is 0 Å². The Bertz CT molecular complexity index is 569. The number of benzene rings is 1. The first kappa shape index (κ1) is 16.2. The molecule has 2 rings (SSSR count). The van der Waals surface area contributed by atoms with Crippen LogP contribution in [0.2, 0.25) is 0 Å². The zero-order chi connectivity index (χ0) is 16.2. The summed E-state index contributed by atoms with van der Waals surface area (Å²) in [6.07, 6.45) is 1.95. The molecule has 1 aromatic rings. The van der Waals surface area contributed by atoms with E-state index in [-0.39, 0.29) is 12.8 Å². The summed E-state index contributed by atoms with van der Waals surface area (Å²) in [4.78, 5) is 37.5. The van der Waals surface area contributed by atoms with Crippen molar-refractivity contribution in [1.29, 1.82) is 0 Å². The highest BCUT2D eigenvalue weighted by Crippen LogP contribution is 2.33. The van der Waals surface area contributed by atoms with Crippen LogP contribution in [0.25, 0.3) is 0 Å². The summed E-state index contributed by atoms with van der Waals surface area (Å²) in [5.74, 6) is -2.19. The monoisotopic (exact) mass is 303 g/mol. The summed E-state index contributed by atoms with van der Waals surface area (Å²) in [6.45, 7) is 2.15. The van der Waals surface area contributed by atoms with Crippen LogP contribution in [0.1, 0.15) is 38.2 Å². The van der Waals surface area contributed by atoms with Gasteiger partial charge in [-0.1, -0.05) is 37.3 Å². The van der Waals surface area contributed by atoms with Gasteiger partial charge in [-0.2, -0.15) is 0 Å². The Morgan fingerprint density at radius 1 is 1.23 bits per heavy atom. The minimum absolute atomic E-state index is 0.163. The summed E-state index contributed by atoms with van der Waals surface area (Å²) < 4.78 is 0. The summed E-state index contributed by atoms with van der Waals surface area (Å²) in [7, 11) is 0. The smallest absolute Gasteiger partial charge is 0.329 e. The molecule has 0 spiro atoms. The van der Waals surface area contributed by atoms with Gasteiger partial charge in [0, 0.05) is 19.4 Å². The molecule has 1 saturated heterocycles. The number of hydrogen-bond donors (Lipinski definition) is 1. The molecule has 1 amide bonds. The van der Waals surface area contributed by atoms with Crippen LogP contribution in [-0.2, 0) is 20.8 Å². The number of nitrogens with zero attached hydrogens (tertiary/aromatic N) is 1. The fourth-order valence-electron chi connectivity index (χ4n) is 3.07. The number of carbonyl (C=O) groups is 3. The van der Waals surface area contributed by atoms with Crippen molar-refractivity contribution in [3.63, 3.8) is 0 Å². The molecule has 0 unspecified atom stereocenters. The van der Waals surface area contributed by atoms with E-state index in [9.17, 15) is 19.5 Å². The van der Waals surface area contributed by atoms with E-state index < -0.39 is 23.2 Å². The van der Waals surface area contributed by atoms with Crippen molar-refractivity contribution >= 4 is 17.7 Å². The average Bonchev–Trinajstić information content (AvgIpc) is 2.92. The number of likely N-dealkylation sites (tertiary alicyclic amines) is 1. The van der Waals surface area contributed by atoms with Crippen molar-refractivity contribution in [2.75, 3.05) is 6.54 Å². The lowest BCUT2D eigenvalue weighted by atomic mass is 9.87. The zero-order valence-electron chi connectivity index (χ0n) is 12.7. The highest BCUT2D eigenvalue weighted by atomic mass is 16.4. The van der Waals surface area contributed by atoms with E-state index in [0.29, 0.717) is 25.8 Å². The highest BCUT2D eigenvalue weighted by Gasteiger charge is 2.50. The van der Waals surface area contributed by atoms with Gasteiger partial charge in [-0.3, -0.25) is 9.59 Å². The second kappa shape index (κ2) is 6.73. The number of hydrogen-bond acceptors (Lipinski definition) is 3. The third-order valence-corrected chi connectivity index (χ3v) is 4.19. The van der Waals surface area contributed by atoms with Gasteiger partial charge in [-0.15, -0.1) is 0 Å². The van der Waals surface area contributed by atoms with E-state index in [4.69, 9.17) is 0 Å². The summed E-state index contributed by atoms with van der Waals surface area (Å²) in [6, 6.07) is 9.24. The van der Waals surface area contributed by atoms with E-state index in [1.165, 1.54) is 4.90 Å². The van der Waals surface area contributed by atoms with Gasteiger partial charge in [0.25, 0.3) is 5.91 Å². The van der Waals surface area contributed by atoms with Crippen LogP contribution in [0.4, 0.5) is 0 Å². The van der Waals surface area contributed by atoms with Gasteiger partial charge >= 0.3 is 5.97 Å². The number of aliphatic carboxylic acids is 1. The van der Waals surface area contributed by atoms with Gasteiger partial charge in [0.15, 0.2) is 0 Å². The molecule has 0 bridgehead atoms. The molecule has 5 nitrogen and oxygen atoms in total. The van der Waals surface area contributed by atoms with E-state index in [2.05, 4.69) is 0 Å². The molecule has 118 valence electrons. The zero-order valence-corrected chi connectivity index (χ0v) is 12.7. The van der Waals surface area contributed by atoms with Crippen LogP contribution in [0, 0.1) is 0 Å². The molecule has 0 radical (unpaired) electrons. The first-order chi connectivity index (χ1) is 10.5. The SMILES string of the molecule is CCCC(=O)C(=O)N1CCC[C@@]1(Cc1ccccc1)C(=O)O. The number of rotatable bonds is 6. The molecule has 1 aromatic carbocycles. The number of carbonyl (C=O) groups excluding carboxylic acids is 2. The Balaban J connectivity index is 2.30. The first-order valence-corrected chi connectivity index (χ1v) is 7.63. The normalized spacial score (nSPS) is 20.9. The number of carboxylic acids is 1. The maximum atomic E-state index is 12.4. The van der Waals surface area contributed by atoms with Crippen molar-refractivity contribution in [2.24, 2.45) is 0 Å². The number of ketones is 1. The topological polar surface area (TPSA) is 74.7 Å². The molecule has 0 aliphatic carbocycles. The molecule has 1 N–H and O–H groups in total. The third-order valence-electron chi connectivity index (χ3n) is 4.19. The van der Waals surface area contributed by atoms with Crippen molar-refractivity contribution in [2.45, 2.75) is 44.6 Å². The number of amides is 1. The lowest BCUT2D eigenvalue weighted by Crippen LogP contribution is -2.56. The molecule has 1 fully saturated rings. The van der Waals surface area contributed by atoms with Gasteiger partial charge < -0.3 is 10.0 Å². The van der Waals surface area contributed by atoms with Crippen LogP contribution in [0.15, 0.2) is 30.3 Å². The van der Waals surface area contributed by atoms with Crippen molar-refractivity contribution in [3.05, 3.63) is 35.9 Å². The van der Waals surface area contributed by atoms with Crippen LogP contribution in [0.3, 0.4) is 0 Å². The second-order valence-corrected chi connectivity index (χ2v) is 5.73. The van der Waals surface area contributed by atoms with Crippen LogP contribution >= 0.6 is 0 Å². The lowest BCUT2D eigenvalue weighted by molar-refractivity contribution is -0.159. The van der Waals surface area contributed by atoms with Crippen LogP contribution < -0.4 is 0 Å². The predicted octanol–water partition coefficient (Wildman–Crippen LogP) is 2.04. The molecule has 1 atom stereocenters. The van der Waals surface area contributed by atoms with Crippen LogP contribution in [0.5, 0.6) is 0 Å². The van der Waals surface area contributed by atoms with Gasteiger partial charge in [0.05, 0.1) is 0 Å². The largest absolute Gasteiger partial charge is 0.479 e. The van der Waals surface area contributed by atoms with E-state index in [1.54, 1.807) is 0 Å². The minimum Gasteiger partial charge on any atom is -0.479 e. The molecule has 22 heavy (non-hydrogen) atoms. The van der Waals surface area contributed by atoms with E-state index >= 15 is 0 Å². The maximum absolute atomic E-state index is 12.4. The third kappa shape index (κ3) is 3.03. The second-order valence-electron chi connectivity index (χ2n) is 5.73. The van der Waals surface area contributed by atoms with E-state index in [0.717, 1.165) is 5.56 Å². The molecular formula is C17H21NO4. The van der Waals surface area contributed by atoms with Gasteiger partial charge in [-0.25, -0.2) is 4.79 Å².